The molecule has 0 spiro atoms. The highest BCUT2D eigenvalue weighted by Gasteiger charge is 2.27. The molecule has 1 saturated carbocycles. The molecule has 0 amide bonds. The normalized spacial score (nSPS) is 21.9. The van der Waals surface area contributed by atoms with Crippen molar-refractivity contribution in [2.45, 2.75) is 57.2 Å². The average Bonchev–Trinajstić information content (AvgIpc) is 2.25. The molecule has 0 saturated heterocycles. The van der Waals surface area contributed by atoms with Crippen LogP contribution in [0.4, 0.5) is 0 Å². The maximum Gasteiger partial charge on any atom is 0.321 e. The molecule has 0 aromatic rings. The lowest BCUT2D eigenvalue weighted by Gasteiger charge is -2.24. The van der Waals surface area contributed by atoms with Gasteiger partial charge in [0.15, 0.2) is 0 Å². The standard InChI is InChI=1S/C11H21NO3S/c1-8(2)10(11(13)14)12-16(15)9-6-4-3-5-7-9/h8-10,12H,3-7H2,1-2H3,(H,13,14)/t10?,16-/m0/s1. The van der Waals surface area contributed by atoms with Crippen molar-refractivity contribution in [1.82, 2.24) is 4.72 Å². The maximum absolute atomic E-state index is 12.0. The Morgan fingerprint density at radius 2 is 1.88 bits per heavy atom. The second kappa shape index (κ2) is 6.35. The Morgan fingerprint density at radius 3 is 2.31 bits per heavy atom. The summed E-state index contributed by atoms with van der Waals surface area (Å²) < 4.78 is 14.7. The van der Waals surface area contributed by atoms with Gasteiger partial charge in [0.2, 0.25) is 0 Å². The van der Waals surface area contributed by atoms with Gasteiger partial charge in [-0.3, -0.25) is 4.79 Å². The van der Waals surface area contributed by atoms with Crippen LogP contribution in [0.3, 0.4) is 0 Å². The van der Waals surface area contributed by atoms with Crippen molar-refractivity contribution in [3.63, 3.8) is 0 Å². The first-order valence-corrected chi connectivity index (χ1v) is 7.13. The van der Waals surface area contributed by atoms with Crippen LogP contribution in [0.5, 0.6) is 0 Å². The number of hydrogen-bond donors (Lipinski definition) is 2. The largest absolute Gasteiger partial charge is 0.480 e. The second-order valence-electron chi connectivity index (χ2n) is 4.74. The summed E-state index contributed by atoms with van der Waals surface area (Å²) in [6.07, 6.45) is 5.32. The molecule has 2 N–H and O–H groups in total. The third-order valence-electron chi connectivity index (χ3n) is 3.03. The van der Waals surface area contributed by atoms with Gasteiger partial charge in [-0.25, -0.2) is 8.93 Å². The van der Waals surface area contributed by atoms with Gasteiger partial charge in [-0.15, -0.1) is 0 Å². The van der Waals surface area contributed by atoms with Gasteiger partial charge in [-0.2, -0.15) is 0 Å². The van der Waals surface area contributed by atoms with E-state index in [0.29, 0.717) is 0 Å². The van der Waals surface area contributed by atoms with Crippen molar-refractivity contribution < 1.29 is 14.1 Å². The van der Waals surface area contributed by atoms with Gasteiger partial charge in [0.05, 0.1) is 11.0 Å². The molecular formula is C11H21NO3S. The molecule has 94 valence electrons. The zero-order valence-corrected chi connectivity index (χ0v) is 10.8. The van der Waals surface area contributed by atoms with Crippen LogP contribution < -0.4 is 4.72 Å². The van der Waals surface area contributed by atoms with E-state index in [1.165, 1.54) is 6.42 Å². The highest BCUT2D eigenvalue weighted by Crippen LogP contribution is 2.21. The van der Waals surface area contributed by atoms with E-state index in [1.807, 2.05) is 13.8 Å². The Balaban J connectivity index is 2.50. The van der Waals surface area contributed by atoms with Crippen LogP contribution in [0, 0.1) is 5.92 Å². The highest BCUT2D eigenvalue weighted by molar-refractivity contribution is 7.83. The van der Waals surface area contributed by atoms with Crippen molar-refractivity contribution in [2.75, 3.05) is 0 Å². The van der Waals surface area contributed by atoms with Gasteiger partial charge in [-0.1, -0.05) is 33.1 Å². The topological polar surface area (TPSA) is 66.4 Å². The van der Waals surface area contributed by atoms with Crippen LogP contribution in [-0.2, 0) is 15.8 Å². The number of carboxylic acids is 1. The number of carbonyl (C=O) groups is 1. The Kier molecular flexibility index (Phi) is 5.41. The first-order valence-electron chi connectivity index (χ1n) is 5.92. The second-order valence-corrected chi connectivity index (χ2v) is 6.23. The van der Waals surface area contributed by atoms with Crippen LogP contribution in [0.1, 0.15) is 46.0 Å². The van der Waals surface area contributed by atoms with Gasteiger partial charge < -0.3 is 5.11 Å². The Morgan fingerprint density at radius 1 is 1.31 bits per heavy atom. The summed E-state index contributed by atoms with van der Waals surface area (Å²) in [4.78, 5) is 11.0. The van der Waals surface area contributed by atoms with E-state index in [0.717, 1.165) is 25.7 Å². The maximum atomic E-state index is 12.0. The van der Waals surface area contributed by atoms with Crippen molar-refractivity contribution in [3.05, 3.63) is 0 Å². The molecule has 1 fully saturated rings. The summed E-state index contributed by atoms with van der Waals surface area (Å²) in [5.41, 5.74) is 0. The van der Waals surface area contributed by atoms with E-state index in [9.17, 15) is 9.00 Å². The van der Waals surface area contributed by atoms with Crippen LogP contribution in [-0.4, -0.2) is 26.6 Å². The molecule has 0 aliphatic heterocycles. The molecule has 1 aliphatic rings. The smallest absolute Gasteiger partial charge is 0.321 e. The third-order valence-corrected chi connectivity index (χ3v) is 4.59. The monoisotopic (exact) mass is 247 g/mol. The lowest BCUT2D eigenvalue weighted by Crippen LogP contribution is -2.45. The quantitative estimate of drug-likeness (QED) is 0.777. The van der Waals surface area contributed by atoms with Crippen LogP contribution in [0.15, 0.2) is 0 Å². The van der Waals surface area contributed by atoms with Crippen molar-refractivity contribution >= 4 is 17.0 Å². The molecule has 2 atom stereocenters. The molecule has 0 heterocycles. The molecule has 0 radical (unpaired) electrons. The first kappa shape index (κ1) is 13.6. The van der Waals surface area contributed by atoms with Gasteiger partial charge in [-0.05, 0) is 18.8 Å². The number of carboxylic acid groups (broad SMARTS) is 1. The van der Waals surface area contributed by atoms with Gasteiger partial charge >= 0.3 is 5.97 Å². The van der Waals surface area contributed by atoms with Gasteiger partial charge in [0.25, 0.3) is 0 Å². The van der Waals surface area contributed by atoms with Gasteiger partial charge in [0, 0.05) is 5.25 Å². The van der Waals surface area contributed by atoms with Crippen LogP contribution in [0.25, 0.3) is 0 Å². The fourth-order valence-electron chi connectivity index (χ4n) is 1.97. The van der Waals surface area contributed by atoms with E-state index in [1.54, 1.807) is 0 Å². The van der Waals surface area contributed by atoms with E-state index in [4.69, 9.17) is 5.11 Å². The van der Waals surface area contributed by atoms with Gasteiger partial charge in [0.1, 0.15) is 6.04 Å². The summed E-state index contributed by atoms with van der Waals surface area (Å²) in [5.74, 6) is -0.968. The predicted octanol–water partition coefficient (Wildman–Crippen LogP) is 1.68. The van der Waals surface area contributed by atoms with Crippen molar-refractivity contribution in [1.29, 1.82) is 0 Å². The molecule has 1 unspecified atom stereocenters. The van der Waals surface area contributed by atoms with E-state index >= 15 is 0 Å². The van der Waals surface area contributed by atoms with E-state index in [-0.39, 0.29) is 11.2 Å². The average molecular weight is 247 g/mol. The summed E-state index contributed by atoms with van der Waals surface area (Å²) in [7, 11) is -1.21. The van der Waals surface area contributed by atoms with E-state index in [2.05, 4.69) is 4.72 Å². The first-order chi connectivity index (χ1) is 7.52. The third kappa shape index (κ3) is 3.87. The zero-order chi connectivity index (χ0) is 12.1. The lowest BCUT2D eigenvalue weighted by atomic mass is 10.0. The fourth-order valence-corrected chi connectivity index (χ4v) is 3.55. The molecule has 16 heavy (non-hydrogen) atoms. The lowest BCUT2D eigenvalue weighted by molar-refractivity contribution is -0.140. The van der Waals surface area contributed by atoms with Crippen LogP contribution in [0.2, 0.25) is 0 Å². The minimum Gasteiger partial charge on any atom is -0.480 e. The Labute approximate surface area is 99.4 Å². The van der Waals surface area contributed by atoms with Crippen molar-refractivity contribution in [3.8, 4) is 0 Å². The summed E-state index contributed by atoms with van der Waals surface area (Å²) in [6, 6.07) is -0.706. The minimum absolute atomic E-state index is 0.0509. The van der Waals surface area contributed by atoms with Crippen molar-refractivity contribution in [2.24, 2.45) is 5.92 Å². The summed E-state index contributed by atoms with van der Waals surface area (Å²) >= 11 is 0. The molecule has 0 aromatic heterocycles. The number of hydrogen-bond acceptors (Lipinski definition) is 2. The Bertz CT molecular complexity index is 262. The molecule has 1 aliphatic carbocycles. The SMILES string of the molecule is CC(C)C(N[S@@](=O)C1CCCCC1)C(=O)O. The minimum atomic E-state index is -1.21. The number of rotatable bonds is 5. The number of aliphatic carboxylic acids is 1. The Hall–Kier alpha value is -0.420. The molecule has 0 aromatic carbocycles. The molecule has 0 bridgehead atoms. The zero-order valence-electron chi connectivity index (χ0n) is 9.94. The molecule has 1 rings (SSSR count). The predicted molar refractivity (Wildman–Crippen MR) is 64.4 cm³/mol. The molecule has 4 nitrogen and oxygen atoms in total. The van der Waals surface area contributed by atoms with E-state index < -0.39 is 23.0 Å². The molecule has 5 heteroatoms. The summed E-state index contributed by atoms with van der Waals surface area (Å²) in [6.45, 7) is 3.65. The van der Waals surface area contributed by atoms with Crippen LogP contribution >= 0.6 is 0 Å². The fraction of sp³-hybridized carbons (Fsp3) is 0.909. The summed E-state index contributed by atoms with van der Waals surface area (Å²) in [5, 5.41) is 9.13. The number of nitrogens with one attached hydrogen (secondary N) is 1. The highest BCUT2D eigenvalue weighted by atomic mass is 32.2. The molecular weight excluding hydrogens is 226 g/mol.